The van der Waals surface area contributed by atoms with E-state index in [9.17, 15) is 9.18 Å². The summed E-state index contributed by atoms with van der Waals surface area (Å²) in [7, 11) is 0. The lowest BCUT2D eigenvalue weighted by molar-refractivity contribution is -0.114. The highest BCUT2D eigenvalue weighted by atomic mass is 19.1. The third kappa shape index (κ3) is 3.93. The highest BCUT2D eigenvalue weighted by Gasteiger charge is 1.96. The second-order valence-electron chi connectivity index (χ2n) is 3.87. The lowest BCUT2D eigenvalue weighted by atomic mass is 10.2. The summed E-state index contributed by atoms with van der Waals surface area (Å²) < 4.78 is 12.7. The van der Waals surface area contributed by atoms with Crippen molar-refractivity contribution < 1.29 is 9.18 Å². The van der Waals surface area contributed by atoms with E-state index in [4.69, 9.17) is 0 Å². The smallest absolute Gasteiger partial charge is 0.222 e. The van der Waals surface area contributed by atoms with Crippen molar-refractivity contribution >= 4 is 11.7 Å². The Kier molecular flexibility index (Phi) is 3.89. The van der Waals surface area contributed by atoms with Crippen molar-refractivity contribution in [2.75, 3.05) is 5.32 Å². The van der Waals surface area contributed by atoms with Gasteiger partial charge >= 0.3 is 0 Å². The summed E-state index contributed by atoms with van der Waals surface area (Å²) >= 11 is 0. The van der Waals surface area contributed by atoms with Gasteiger partial charge in [0.1, 0.15) is 11.6 Å². The van der Waals surface area contributed by atoms with E-state index in [1.54, 1.807) is 30.5 Å². The minimum Gasteiger partial charge on any atom is -0.311 e. The molecule has 0 aliphatic carbocycles. The van der Waals surface area contributed by atoms with Crippen molar-refractivity contribution in [2.24, 2.45) is 0 Å². The number of hydrogen-bond donors (Lipinski definition) is 1. The Morgan fingerprint density at radius 2 is 1.74 bits per heavy atom. The molecule has 2 rings (SSSR count). The molecule has 0 unspecified atom stereocenters. The molecule has 1 aromatic carbocycles. The van der Waals surface area contributed by atoms with Gasteiger partial charge < -0.3 is 5.32 Å². The van der Waals surface area contributed by atoms with Crippen LogP contribution in [0.5, 0.6) is 0 Å². The van der Waals surface area contributed by atoms with Gasteiger partial charge in [-0.15, -0.1) is 0 Å². The topological polar surface area (TPSA) is 42.0 Å². The highest BCUT2D eigenvalue weighted by Crippen LogP contribution is 2.05. The quantitative estimate of drug-likeness (QED) is 0.795. The van der Waals surface area contributed by atoms with Crippen LogP contribution in [0.1, 0.15) is 18.1 Å². The average molecular weight is 254 g/mol. The van der Waals surface area contributed by atoms with Crippen LogP contribution < -0.4 is 5.32 Å². The molecule has 0 spiro atoms. The van der Waals surface area contributed by atoms with Crippen LogP contribution in [0, 0.1) is 17.7 Å². The largest absolute Gasteiger partial charge is 0.311 e. The molecule has 94 valence electrons. The summed E-state index contributed by atoms with van der Waals surface area (Å²) in [6, 6.07) is 9.39. The van der Waals surface area contributed by atoms with Crippen molar-refractivity contribution in [3.05, 3.63) is 59.5 Å². The van der Waals surface area contributed by atoms with Crippen LogP contribution in [-0.2, 0) is 4.79 Å². The molecular formula is C15H11FN2O. The van der Waals surface area contributed by atoms with E-state index in [-0.39, 0.29) is 11.7 Å². The molecule has 0 bridgehead atoms. The predicted molar refractivity (Wildman–Crippen MR) is 70.9 cm³/mol. The zero-order valence-corrected chi connectivity index (χ0v) is 10.3. The van der Waals surface area contributed by atoms with Gasteiger partial charge in [-0.3, -0.25) is 4.79 Å². The number of aromatic nitrogens is 1. The van der Waals surface area contributed by atoms with Crippen molar-refractivity contribution in [3.8, 4) is 11.8 Å². The monoisotopic (exact) mass is 254 g/mol. The number of pyridine rings is 1. The van der Waals surface area contributed by atoms with Gasteiger partial charge in [-0.05, 0) is 36.4 Å². The third-order valence-corrected chi connectivity index (χ3v) is 2.26. The first-order valence-electron chi connectivity index (χ1n) is 5.65. The third-order valence-electron chi connectivity index (χ3n) is 2.26. The van der Waals surface area contributed by atoms with Gasteiger partial charge in [-0.2, -0.15) is 0 Å². The Labute approximate surface area is 110 Å². The Morgan fingerprint density at radius 1 is 1.11 bits per heavy atom. The van der Waals surface area contributed by atoms with Crippen molar-refractivity contribution in [1.82, 2.24) is 4.98 Å². The molecule has 0 fully saturated rings. The number of nitrogens with one attached hydrogen (secondary N) is 1. The molecule has 1 N–H and O–H groups in total. The maximum Gasteiger partial charge on any atom is 0.222 e. The van der Waals surface area contributed by atoms with Gasteiger partial charge in [0, 0.05) is 24.2 Å². The summed E-state index contributed by atoms with van der Waals surface area (Å²) in [4.78, 5) is 14.9. The SMILES string of the molecule is CC(=O)Nc1ccc(C#Cc2ccc(F)cc2)cn1. The molecular weight excluding hydrogens is 243 g/mol. The van der Waals surface area contributed by atoms with Crippen molar-refractivity contribution in [1.29, 1.82) is 0 Å². The van der Waals surface area contributed by atoms with E-state index in [2.05, 4.69) is 22.1 Å². The Balaban J connectivity index is 2.11. The van der Waals surface area contributed by atoms with E-state index < -0.39 is 0 Å². The average Bonchev–Trinajstić information content (AvgIpc) is 2.39. The zero-order chi connectivity index (χ0) is 13.7. The molecule has 1 aromatic heterocycles. The molecule has 0 aliphatic heterocycles. The van der Waals surface area contributed by atoms with E-state index in [1.807, 2.05) is 0 Å². The van der Waals surface area contributed by atoms with Crippen LogP contribution in [-0.4, -0.2) is 10.9 Å². The molecule has 1 amide bonds. The summed E-state index contributed by atoms with van der Waals surface area (Å²) in [5.41, 5.74) is 1.45. The van der Waals surface area contributed by atoms with Crippen molar-refractivity contribution in [2.45, 2.75) is 6.92 Å². The van der Waals surface area contributed by atoms with Crippen LogP contribution in [0.4, 0.5) is 10.2 Å². The summed E-state index contributed by atoms with van der Waals surface area (Å²) in [6.45, 7) is 1.42. The fourth-order valence-electron chi connectivity index (χ4n) is 1.40. The first-order valence-corrected chi connectivity index (χ1v) is 5.65. The van der Waals surface area contributed by atoms with Crippen LogP contribution in [0.2, 0.25) is 0 Å². The molecule has 2 aromatic rings. The van der Waals surface area contributed by atoms with Gasteiger partial charge in [0.2, 0.25) is 5.91 Å². The molecule has 0 saturated heterocycles. The van der Waals surface area contributed by atoms with E-state index in [1.165, 1.54) is 19.1 Å². The normalized spacial score (nSPS) is 9.37. The fourth-order valence-corrected chi connectivity index (χ4v) is 1.40. The molecule has 4 heteroatoms. The summed E-state index contributed by atoms with van der Waals surface area (Å²) in [5, 5.41) is 2.57. The number of carbonyl (C=O) groups is 1. The standard InChI is InChI=1S/C15H11FN2O/c1-11(19)18-15-9-6-13(10-17-15)3-2-12-4-7-14(16)8-5-12/h4-10H,1H3,(H,17,18,19). The minimum atomic E-state index is -0.285. The second-order valence-corrected chi connectivity index (χ2v) is 3.87. The molecule has 0 radical (unpaired) electrons. The molecule has 0 atom stereocenters. The Bertz CT molecular complexity index is 637. The Hall–Kier alpha value is -2.67. The van der Waals surface area contributed by atoms with Crippen LogP contribution in [0.15, 0.2) is 42.6 Å². The number of hydrogen-bond acceptors (Lipinski definition) is 2. The number of carbonyl (C=O) groups excluding carboxylic acids is 1. The highest BCUT2D eigenvalue weighted by molar-refractivity contribution is 5.87. The predicted octanol–water partition coefficient (Wildman–Crippen LogP) is 2.58. The van der Waals surface area contributed by atoms with Crippen LogP contribution >= 0.6 is 0 Å². The Morgan fingerprint density at radius 3 is 2.32 bits per heavy atom. The number of amides is 1. The van der Waals surface area contributed by atoms with Gasteiger partial charge in [0.25, 0.3) is 0 Å². The van der Waals surface area contributed by atoms with Gasteiger partial charge in [-0.1, -0.05) is 11.8 Å². The molecule has 3 nitrogen and oxygen atoms in total. The number of anilines is 1. The molecule has 19 heavy (non-hydrogen) atoms. The van der Waals surface area contributed by atoms with Gasteiger partial charge in [0.05, 0.1) is 0 Å². The number of rotatable bonds is 1. The van der Waals surface area contributed by atoms with Crippen LogP contribution in [0.25, 0.3) is 0 Å². The van der Waals surface area contributed by atoms with E-state index >= 15 is 0 Å². The maximum atomic E-state index is 12.7. The lowest BCUT2D eigenvalue weighted by Crippen LogP contribution is -2.06. The fraction of sp³-hybridized carbons (Fsp3) is 0.0667. The first kappa shape index (κ1) is 12.8. The number of halogens is 1. The van der Waals surface area contributed by atoms with E-state index in [0.29, 0.717) is 5.82 Å². The molecule has 0 aliphatic rings. The van der Waals surface area contributed by atoms with Gasteiger partial charge in [0.15, 0.2) is 0 Å². The summed E-state index contributed by atoms with van der Waals surface area (Å²) in [6.07, 6.45) is 1.57. The number of nitrogens with zero attached hydrogens (tertiary/aromatic N) is 1. The molecule has 1 heterocycles. The second kappa shape index (κ2) is 5.78. The first-order chi connectivity index (χ1) is 9.13. The van der Waals surface area contributed by atoms with Crippen molar-refractivity contribution in [3.63, 3.8) is 0 Å². The van der Waals surface area contributed by atoms with E-state index in [0.717, 1.165) is 11.1 Å². The molecule has 0 saturated carbocycles. The minimum absolute atomic E-state index is 0.169. The van der Waals surface area contributed by atoms with Gasteiger partial charge in [-0.25, -0.2) is 9.37 Å². The maximum absolute atomic E-state index is 12.7. The zero-order valence-electron chi connectivity index (χ0n) is 10.3. The summed E-state index contributed by atoms with van der Waals surface area (Å²) in [5.74, 6) is 5.85. The lowest BCUT2D eigenvalue weighted by Gasteiger charge is -1.99. The van der Waals surface area contributed by atoms with Crippen LogP contribution in [0.3, 0.4) is 0 Å². The number of benzene rings is 1.